The number of aromatic nitrogens is 3. The van der Waals surface area contributed by atoms with Gasteiger partial charge in [-0.1, -0.05) is 6.92 Å². The molecule has 3 aromatic heterocycles. The molecule has 0 radical (unpaired) electrons. The molecule has 0 aliphatic rings. The summed E-state index contributed by atoms with van der Waals surface area (Å²) in [5, 5.41) is 7.94. The summed E-state index contributed by atoms with van der Waals surface area (Å²) < 4.78 is 15.8. The average Bonchev–Trinajstić information content (AvgIpc) is 3.32. The Bertz CT molecular complexity index is 812. The lowest BCUT2D eigenvalue weighted by molar-refractivity contribution is 0.0728. The van der Waals surface area contributed by atoms with E-state index in [1.54, 1.807) is 29.2 Å². The van der Waals surface area contributed by atoms with Crippen LogP contribution in [0.25, 0.3) is 11.7 Å². The van der Waals surface area contributed by atoms with Crippen LogP contribution < -0.4 is 4.74 Å². The van der Waals surface area contributed by atoms with Crippen LogP contribution in [0.2, 0.25) is 0 Å². The van der Waals surface area contributed by atoms with E-state index in [4.69, 9.17) is 13.6 Å². The van der Waals surface area contributed by atoms with E-state index >= 15 is 0 Å². The zero-order valence-electron chi connectivity index (χ0n) is 14.0. The molecule has 0 spiro atoms. The molecule has 8 nitrogen and oxygen atoms in total. The number of furan rings is 1. The number of hydrogen-bond donors (Lipinski definition) is 0. The van der Waals surface area contributed by atoms with Crippen LogP contribution in [0.4, 0.5) is 0 Å². The molecule has 0 aromatic carbocycles. The van der Waals surface area contributed by atoms with Gasteiger partial charge in [0.15, 0.2) is 5.76 Å². The normalized spacial score (nSPS) is 10.6. The summed E-state index contributed by atoms with van der Waals surface area (Å²) in [5.41, 5.74) is 0.472. The molecule has 3 aromatic rings. The number of nitrogens with zero attached hydrogens (tertiary/aromatic N) is 4. The molecule has 3 rings (SSSR count). The third kappa shape index (κ3) is 3.85. The Hall–Kier alpha value is -3.16. The van der Waals surface area contributed by atoms with E-state index in [2.05, 4.69) is 15.2 Å². The van der Waals surface area contributed by atoms with Crippen LogP contribution >= 0.6 is 0 Å². The highest BCUT2D eigenvalue weighted by Gasteiger charge is 2.20. The molecule has 0 N–H and O–H groups in total. The van der Waals surface area contributed by atoms with Crippen molar-refractivity contribution in [2.45, 2.75) is 19.9 Å². The quantitative estimate of drug-likeness (QED) is 0.651. The molecule has 0 saturated carbocycles. The van der Waals surface area contributed by atoms with Crippen molar-refractivity contribution in [1.29, 1.82) is 0 Å². The smallest absolute Gasteiger partial charge is 0.283 e. The van der Waals surface area contributed by atoms with E-state index in [1.165, 1.54) is 19.6 Å². The van der Waals surface area contributed by atoms with Crippen LogP contribution in [0.1, 0.15) is 29.6 Å². The van der Waals surface area contributed by atoms with Crippen LogP contribution in [0.15, 0.2) is 45.6 Å². The average molecular weight is 342 g/mol. The van der Waals surface area contributed by atoms with Crippen molar-refractivity contribution in [1.82, 2.24) is 20.1 Å². The summed E-state index contributed by atoms with van der Waals surface area (Å²) in [4.78, 5) is 18.4. The SMILES string of the molecule is CCCN(Cc1nnc(-c2ccco2)o1)C(=O)c1ccc(OC)nc1. The van der Waals surface area contributed by atoms with Gasteiger partial charge in [-0.25, -0.2) is 4.98 Å². The molecule has 0 unspecified atom stereocenters. The molecule has 0 fully saturated rings. The van der Waals surface area contributed by atoms with E-state index in [0.717, 1.165) is 6.42 Å². The largest absolute Gasteiger partial charge is 0.481 e. The van der Waals surface area contributed by atoms with E-state index in [-0.39, 0.29) is 18.3 Å². The Morgan fingerprint density at radius 2 is 2.16 bits per heavy atom. The summed E-state index contributed by atoms with van der Waals surface area (Å²) in [7, 11) is 1.53. The third-order valence-electron chi connectivity index (χ3n) is 3.50. The molecule has 25 heavy (non-hydrogen) atoms. The fourth-order valence-electron chi connectivity index (χ4n) is 2.31. The van der Waals surface area contributed by atoms with Crippen molar-refractivity contribution in [3.05, 3.63) is 48.2 Å². The summed E-state index contributed by atoms with van der Waals surface area (Å²) in [6.45, 7) is 2.77. The highest BCUT2D eigenvalue weighted by atomic mass is 16.5. The van der Waals surface area contributed by atoms with Gasteiger partial charge in [0, 0.05) is 18.8 Å². The Labute approximate surface area is 144 Å². The summed E-state index contributed by atoms with van der Waals surface area (Å²) in [6.07, 6.45) is 3.82. The van der Waals surface area contributed by atoms with Crippen molar-refractivity contribution in [2.75, 3.05) is 13.7 Å². The van der Waals surface area contributed by atoms with Gasteiger partial charge in [-0.2, -0.15) is 0 Å². The van der Waals surface area contributed by atoms with Crippen LogP contribution in [0, 0.1) is 0 Å². The second-order valence-corrected chi connectivity index (χ2v) is 5.29. The Morgan fingerprint density at radius 1 is 1.28 bits per heavy atom. The lowest BCUT2D eigenvalue weighted by Gasteiger charge is -2.20. The minimum atomic E-state index is -0.158. The molecule has 0 aliphatic heterocycles. The number of ether oxygens (including phenoxy) is 1. The Morgan fingerprint density at radius 3 is 2.80 bits per heavy atom. The number of amides is 1. The number of hydrogen-bond acceptors (Lipinski definition) is 7. The van der Waals surface area contributed by atoms with Crippen LogP contribution in [-0.4, -0.2) is 39.6 Å². The van der Waals surface area contributed by atoms with Crippen LogP contribution in [-0.2, 0) is 6.54 Å². The highest BCUT2D eigenvalue weighted by Crippen LogP contribution is 2.19. The third-order valence-corrected chi connectivity index (χ3v) is 3.50. The molecular weight excluding hydrogens is 324 g/mol. The van der Waals surface area contributed by atoms with Gasteiger partial charge in [-0.3, -0.25) is 4.79 Å². The van der Waals surface area contributed by atoms with Gasteiger partial charge in [0.2, 0.25) is 11.8 Å². The summed E-state index contributed by atoms with van der Waals surface area (Å²) in [5.74, 6) is 1.42. The first kappa shape index (κ1) is 16.7. The van der Waals surface area contributed by atoms with E-state index in [9.17, 15) is 4.79 Å². The molecule has 130 valence electrons. The first-order chi connectivity index (χ1) is 12.2. The van der Waals surface area contributed by atoms with E-state index in [0.29, 0.717) is 29.6 Å². The predicted octanol–water partition coefficient (Wildman–Crippen LogP) is 2.79. The second-order valence-electron chi connectivity index (χ2n) is 5.29. The van der Waals surface area contributed by atoms with Gasteiger partial charge in [-0.05, 0) is 24.6 Å². The number of carbonyl (C=O) groups is 1. The molecule has 3 heterocycles. The van der Waals surface area contributed by atoms with Gasteiger partial charge in [0.25, 0.3) is 11.8 Å². The lowest BCUT2D eigenvalue weighted by Crippen LogP contribution is -2.31. The second kappa shape index (κ2) is 7.61. The molecular formula is C17H18N4O4. The molecule has 0 aliphatic carbocycles. The van der Waals surface area contributed by atoms with Crippen molar-refractivity contribution in [2.24, 2.45) is 0 Å². The number of rotatable bonds is 7. The molecule has 0 atom stereocenters. The minimum Gasteiger partial charge on any atom is -0.481 e. The van der Waals surface area contributed by atoms with Crippen molar-refractivity contribution in [3.63, 3.8) is 0 Å². The monoisotopic (exact) mass is 342 g/mol. The van der Waals surface area contributed by atoms with Gasteiger partial charge < -0.3 is 18.5 Å². The van der Waals surface area contributed by atoms with Gasteiger partial charge in [-0.15, -0.1) is 10.2 Å². The Kier molecular flexibility index (Phi) is 5.08. The number of pyridine rings is 1. The van der Waals surface area contributed by atoms with Gasteiger partial charge >= 0.3 is 0 Å². The highest BCUT2D eigenvalue weighted by molar-refractivity contribution is 5.93. The van der Waals surface area contributed by atoms with E-state index < -0.39 is 0 Å². The topological polar surface area (TPSA) is 94.5 Å². The molecule has 0 bridgehead atoms. The summed E-state index contributed by atoms with van der Waals surface area (Å²) in [6, 6.07) is 6.80. The zero-order valence-corrected chi connectivity index (χ0v) is 14.0. The standard InChI is InChI=1S/C17H18N4O4/c1-3-8-21(17(22)12-6-7-14(23-2)18-10-12)11-15-19-20-16(25-15)13-5-4-9-24-13/h4-7,9-10H,3,8,11H2,1-2H3. The predicted molar refractivity (Wildman–Crippen MR) is 87.8 cm³/mol. The van der Waals surface area contributed by atoms with Crippen LogP contribution in [0.5, 0.6) is 5.88 Å². The maximum absolute atomic E-state index is 12.7. The fourth-order valence-corrected chi connectivity index (χ4v) is 2.31. The maximum atomic E-state index is 12.7. The minimum absolute atomic E-state index is 0.158. The fraction of sp³-hybridized carbons (Fsp3) is 0.294. The number of methoxy groups -OCH3 is 1. The molecule has 8 heteroatoms. The number of carbonyl (C=O) groups excluding carboxylic acids is 1. The van der Waals surface area contributed by atoms with Crippen molar-refractivity contribution in [3.8, 4) is 17.5 Å². The van der Waals surface area contributed by atoms with Gasteiger partial charge in [0.1, 0.15) is 0 Å². The molecule has 1 amide bonds. The maximum Gasteiger partial charge on any atom is 0.283 e. The van der Waals surface area contributed by atoms with E-state index in [1.807, 2.05) is 6.92 Å². The first-order valence-electron chi connectivity index (χ1n) is 7.87. The van der Waals surface area contributed by atoms with Crippen LogP contribution in [0.3, 0.4) is 0 Å². The molecule has 0 saturated heterocycles. The van der Waals surface area contributed by atoms with Crippen molar-refractivity contribution >= 4 is 5.91 Å². The zero-order chi connectivity index (χ0) is 17.6. The van der Waals surface area contributed by atoms with Crippen molar-refractivity contribution < 1.29 is 18.4 Å². The lowest BCUT2D eigenvalue weighted by atomic mass is 10.2. The van der Waals surface area contributed by atoms with Gasteiger partial charge in [0.05, 0.1) is 25.5 Å². The Balaban J connectivity index is 1.75. The summed E-state index contributed by atoms with van der Waals surface area (Å²) >= 11 is 0. The first-order valence-corrected chi connectivity index (χ1v) is 7.87.